The van der Waals surface area contributed by atoms with Crippen LogP contribution in [0.1, 0.15) is 37.3 Å². The van der Waals surface area contributed by atoms with Gasteiger partial charge in [0.05, 0.1) is 13.2 Å². The average molecular weight is 349 g/mol. The van der Waals surface area contributed by atoms with Gasteiger partial charge in [-0.3, -0.25) is 0 Å². The molecule has 1 aliphatic rings. The first-order chi connectivity index (χ1) is 12.8. The molecule has 0 bridgehead atoms. The van der Waals surface area contributed by atoms with Crippen molar-refractivity contribution in [3.05, 3.63) is 66.1 Å². The summed E-state index contributed by atoms with van der Waals surface area (Å²) in [6, 6.07) is 18.6. The summed E-state index contributed by atoms with van der Waals surface area (Å²) in [6.45, 7) is 3.19. The molecule has 1 unspecified atom stereocenters. The molecular weight excluding hydrogens is 326 g/mol. The Kier molecular flexibility index (Phi) is 4.97. The van der Waals surface area contributed by atoms with E-state index in [9.17, 15) is 0 Å². The Bertz CT molecular complexity index is 826. The average Bonchev–Trinajstić information content (AvgIpc) is 3.41. The van der Waals surface area contributed by atoms with E-state index in [0.29, 0.717) is 36.9 Å². The summed E-state index contributed by atoms with van der Waals surface area (Å²) in [7, 11) is 0. The number of nitrogens with zero attached hydrogens (tertiary/aromatic N) is 2. The van der Waals surface area contributed by atoms with Crippen molar-refractivity contribution in [3.8, 4) is 17.2 Å². The second-order valence-corrected chi connectivity index (χ2v) is 6.57. The second kappa shape index (κ2) is 7.70. The van der Waals surface area contributed by atoms with Crippen LogP contribution in [0.25, 0.3) is 11.5 Å². The Labute approximate surface area is 153 Å². The van der Waals surface area contributed by atoms with E-state index in [2.05, 4.69) is 45.8 Å². The van der Waals surface area contributed by atoms with Crippen molar-refractivity contribution in [2.24, 2.45) is 5.92 Å². The summed E-state index contributed by atoms with van der Waals surface area (Å²) in [5.41, 5.74) is 2.22. The molecule has 5 heteroatoms. The molecule has 1 aromatic heterocycles. The minimum atomic E-state index is 0.344. The highest BCUT2D eigenvalue weighted by molar-refractivity contribution is 5.53. The molecule has 1 fully saturated rings. The highest BCUT2D eigenvalue weighted by atomic mass is 16.5. The van der Waals surface area contributed by atoms with Gasteiger partial charge in [-0.15, -0.1) is 10.2 Å². The lowest BCUT2D eigenvalue weighted by molar-refractivity contribution is 0.340. The van der Waals surface area contributed by atoms with Crippen molar-refractivity contribution in [3.63, 3.8) is 0 Å². The largest absolute Gasteiger partial charge is 0.494 e. The number of nitrogens with one attached hydrogen (secondary N) is 1. The van der Waals surface area contributed by atoms with E-state index in [1.165, 1.54) is 18.4 Å². The highest BCUT2D eigenvalue weighted by Crippen LogP contribution is 2.41. The van der Waals surface area contributed by atoms with Crippen LogP contribution in [-0.4, -0.2) is 16.8 Å². The summed E-state index contributed by atoms with van der Waals surface area (Å²) < 4.78 is 11.3. The second-order valence-electron chi connectivity index (χ2n) is 6.57. The van der Waals surface area contributed by atoms with Crippen LogP contribution in [-0.2, 0) is 6.54 Å². The number of rotatable bonds is 8. The van der Waals surface area contributed by atoms with Crippen LogP contribution in [0, 0.1) is 5.92 Å². The molecule has 1 saturated carbocycles. The maximum absolute atomic E-state index is 5.83. The predicted molar refractivity (Wildman–Crippen MR) is 99.6 cm³/mol. The van der Waals surface area contributed by atoms with E-state index in [1.807, 2.05) is 31.2 Å². The molecule has 1 N–H and O–H groups in total. The third-order valence-corrected chi connectivity index (χ3v) is 4.60. The summed E-state index contributed by atoms with van der Waals surface area (Å²) in [4.78, 5) is 0. The third-order valence-electron chi connectivity index (χ3n) is 4.60. The Morgan fingerprint density at radius 1 is 1.08 bits per heavy atom. The van der Waals surface area contributed by atoms with Gasteiger partial charge in [0.1, 0.15) is 5.75 Å². The molecule has 0 amide bonds. The molecule has 4 rings (SSSR count). The Hall–Kier alpha value is -2.66. The van der Waals surface area contributed by atoms with Gasteiger partial charge < -0.3 is 14.5 Å². The number of hydrogen-bond donors (Lipinski definition) is 1. The van der Waals surface area contributed by atoms with Crippen LogP contribution in [0.2, 0.25) is 0 Å². The van der Waals surface area contributed by atoms with Crippen LogP contribution < -0.4 is 10.1 Å². The molecule has 5 nitrogen and oxygen atoms in total. The lowest BCUT2D eigenvalue weighted by atomic mass is 10.0. The molecular formula is C21H23N3O2. The Morgan fingerprint density at radius 3 is 2.54 bits per heavy atom. The predicted octanol–water partition coefficient (Wildman–Crippen LogP) is 4.38. The molecule has 1 heterocycles. The summed E-state index contributed by atoms with van der Waals surface area (Å²) in [5, 5.41) is 12.0. The van der Waals surface area contributed by atoms with E-state index in [1.54, 1.807) is 0 Å². The van der Waals surface area contributed by atoms with E-state index in [0.717, 1.165) is 11.3 Å². The van der Waals surface area contributed by atoms with Crippen LogP contribution in [0.15, 0.2) is 59.0 Å². The molecule has 0 aliphatic heterocycles. The van der Waals surface area contributed by atoms with Crippen molar-refractivity contribution in [2.75, 3.05) is 6.61 Å². The molecule has 134 valence electrons. The molecule has 1 aliphatic carbocycles. The third kappa shape index (κ3) is 3.94. The number of aromatic nitrogens is 2. The quantitative estimate of drug-likeness (QED) is 0.654. The Morgan fingerprint density at radius 2 is 1.85 bits per heavy atom. The van der Waals surface area contributed by atoms with Gasteiger partial charge in [-0.1, -0.05) is 30.3 Å². The normalized spacial score (nSPS) is 15.0. The number of benzene rings is 2. The zero-order valence-electron chi connectivity index (χ0n) is 14.9. The van der Waals surface area contributed by atoms with Crippen molar-refractivity contribution in [1.82, 2.24) is 15.5 Å². The molecule has 2 aromatic carbocycles. The summed E-state index contributed by atoms with van der Waals surface area (Å²) >= 11 is 0. The van der Waals surface area contributed by atoms with Gasteiger partial charge in [-0.05, 0) is 55.5 Å². The minimum absolute atomic E-state index is 0.344. The molecule has 0 saturated heterocycles. The molecule has 3 aromatic rings. The fourth-order valence-corrected chi connectivity index (χ4v) is 3.15. The fourth-order valence-electron chi connectivity index (χ4n) is 3.15. The van der Waals surface area contributed by atoms with Crippen LogP contribution >= 0.6 is 0 Å². The monoisotopic (exact) mass is 349 g/mol. The maximum atomic E-state index is 5.83. The van der Waals surface area contributed by atoms with Gasteiger partial charge in [0, 0.05) is 11.6 Å². The Balaban J connectivity index is 1.41. The smallest absolute Gasteiger partial charge is 0.247 e. The molecule has 1 atom stereocenters. The van der Waals surface area contributed by atoms with E-state index >= 15 is 0 Å². The number of hydrogen-bond acceptors (Lipinski definition) is 5. The van der Waals surface area contributed by atoms with E-state index in [4.69, 9.17) is 9.15 Å². The van der Waals surface area contributed by atoms with Gasteiger partial charge >= 0.3 is 0 Å². The van der Waals surface area contributed by atoms with Crippen LogP contribution in [0.3, 0.4) is 0 Å². The minimum Gasteiger partial charge on any atom is -0.494 e. The SMILES string of the molecule is CCOc1ccc(-c2nnc(CNC(c3ccccc3)C3CC3)o2)cc1. The van der Waals surface area contributed by atoms with Crippen molar-refractivity contribution < 1.29 is 9.15 Å². The van der Waals surface area contributed by atoms with Crippen molar-refractivity contribution >= 4 is 0 Å². The van der Waals surface area contributed by atoms with Crippen molar-refractivity contribution in [2.45, 2.75) is 32.4 Å². The molecule has 0 radical (unpaired) electrons. The lowest BCUT2D eigenvalue weighted by Gasteiger charge is -2.17. The van der Waals surface area contributed by atoms with Crippen LogP contribution in [0.5, 0.6) is 5.75 Å². The van der Waals surface area contributed by atoms with E-state index in [-0.39, 0.29) is 0 Å². The van der Waals surface area contributed by atoms with Gasteiger partial charge in [0.2, 0.25) is 11.8 Å². The maximum Gasteiger partial charge on any atom is 0.247 e. The molecule has 0 spiro atoms. The fraction of sp³-hybridized carbons (Fsp3) is 0.333. The first-order valence-electron chi connectivity index (χ1n) is 9.17. The van der Waals surface area contributed by atoms with Gasteiger partial charge in [-0.25, -0.2) is 0 Å². The van der Waals surface area contributed by atoms with Gasteiger partial charge in [-0.2, -0.15) is 0 Å². The summed E-state index contributed by atoms with van der Waals surface area (Å²) in [6.07, 6.45) is 2.54. The lowest BCUT2D eigenvalue weighted by Crippen LogP contribution is -2.22. The van der Waals surface area contributed by atoms with Gasteiger partial charge in [0.25, 0.3) is 0 Å². The number of ether oxygens (including phenoxy) is 1. The van der Waals surface area contributed by atoms with E-state index < -0.39 is 0 Å². The van der Waals surface area contributed by atoms with Crippen molar-refractivity contribution in [1.29, 1.82) is 0 Å². The van der Waals surface area contributed by atoms with Gasteiger partial charge in [0.15, 0.2) is 0 Å². The summed E-state index contributed by atoms with van der Waals surface area (Å²) in [5.74, 6) is 2.68. The zero-order chi connectivity index (χ0) is 17.8. The topological polar surface area (TPSA) is 60.2 Å². The zero-order valence-corrected chi connectivity index (χ0v) is 14.9. The molecule has 26 heavy (non-hydrogen) atoms. The first-order valence-corrected chi connectivity index (χ1v) is 9.17. The first kappa shape index (κ1) is 16.8. The highest BCUT2D eigenvalue weighted by Gasteiger charge is 2.32. The van der Waals surface area contributed by atoms with Crippen LogP contribution in [0.4, 0.5) is 0 Å². The standard InChI is InChI=1S/C21H23N3O2/c1-2-25-18-12-10-17(11-13-18)21-24-23-19(26-21)14-22-20(16-8-9-16)15-6-4-3-5-7-15/h3-7,10-13,16,20,22H,2,8-9,14H2,1H3.